The predicted octanol–water partition coefficient (Wildman–Crippen LogP) is 4.03. The van der Waals surface area contributed by atoms with E-state index in [9.17, 15) is 19.2 Å². The number of carbonyl (C=O) groups is 4. The Bertz CT molecular complexity index is 1980. The average Bonchev–Trinajstić information content (AvgIpc) is 3.43. The third-order valence-corrected chi connectivity index (χ3v) is 7.27. The van der Waals surface area contributed by atoms with Gasteiger partial charge in [0.05, 0.1) is 11.1 Å². The molecule has 6 rings (SSSR count). The number of amides is 4. The number of nitrogens with two attached hydrogens (primary N) is 2. The second kappa shape index (κ2) is 10.9. The number of hydrogen-bond donors (Lipinski definition) is 4. The predicted molar refractivity (Wildman–Crippen MR) is 164 cm³/mol. The van der Waals surface area contributed by atoms with Crippen molar-refractivity contribution in [2.75, 3.05) is 11.5 Å². The Morgan fingerprint density at radius 1 is 0.545 bits per heavy atom. The van der Waals surface area contributed by atoms with Gasteiger partial charge in [-0.2, -0.15) is 0 Å². The molecule has 4 aromatic rings. The molecular formula is C34H26N4O6. The number of carbonyl (C=O) groups excluding carboxylic acids is 4. The highest BCUT2D eigenvalue weighted by Gasteiger charge is 2.40. The molecular weight excluding hydrogens is 560 g/mol. The van der Waals surface area contributed by atoms with E-state index in [1.54, 1.807) is 68.4 Å². The maximum atomic E-state index is 13.6. The molecule has 2 aliphatic rings. The summed E-state index contributed by atoms with van der Waals surface area (Å²) in [6.45, 7) is 3.51. The largest absolute Gasteiger partial charge is 0.450 e. The van der Waals surface area contributed by atoms with Crippen LogP contribution in [-0.2, 0) is 19.2 Å². The van der Waals surface area contributed by atoms with Crippen LogP contribution in [0.25, 0.3) is 22.3 Å². The van der Waals surface area contributed by atoms with E-state index in [1.165, 1.54) is 0 Å². The van der Waals surface area contributed by atoms with Gasteiger partial charge in [-0.05, 0) is 78.1 Å². The van der Waals surface area contributed by atoms with Crippen molar-refractivity contribution >= 4 is 46.1 Å². The van der Waals surface area contributed by atoms with E-state index in [1.807, 2.05) is 30.3 Å². The fraction of sp³-hybridized carbons (Fsp3) is 0.0588. The molecule has 10 nitrogen and oxygen atoms in total. The van der Waals surface area contributed by atoms with Crippen LogP contribution in [0.2, 0.25) is 0 Å². The molecule has 10 heteroatoms. The van der Waals surface area contributed by atoms with Crippen molar-refractivity contribution in [2.45, 2.75) is 13.8 Å². The van der Waals surface area contributed by atoms with Crippen LogP contribution in [-0.4, -0.2) is 23.6 Å². The normalized spacial score (nSPS) is 14.7. The molecule has 0 bridgehead atoms. The van der Waals surface area contributed by atoms with Crippen LogP contribution in [0.4, 0.5) is 11.4 Å². The van der Waals surface area contributed by atoms with Crippen molar-refractivity contribution in [3.8, 4) is 22.6 Å². The highest BCUT2D eigenvalue weighted by molar-refractivity contribution is 6.40. The number of aryl methyl sites for hydroxylation is 2. The van der Waals surface area contributed by atoms with Crippen molar-refractivity contribution in [1.29, 1.82) is 0 Å². The Kier molecular flexibility index (Phi) is 6.94. The zero-order chi connectivity index (χ0) is 31.1. The Morgan fingerprint density at radius 2 is 1.05 bits per heavy atom. The molecule has 0 atom stereocenters. The molecule has 218 valence electrons. The number of imide groups is 2. The van der Waals surface area contributed by atoms with Gasteiger partial charge in [0.15, 0.2) is 0 Å². The highest BCUT2D eigenvalue weighted by atomic mass is 16.5. The van der Waals surface area contributed by atoms with Crippen LogP contribution in [0.1, 0.15) is 22.3 Å². The number of benzene rings is 4. The lowest BCUT2D eigenvalue weighted by atomic mass is 9.86. The molecule has 0 unspecified atom stereocenters. The number of nitrogens with one attached hydrogen (secondary N) is 2. The minimum Gasteiger partial charge on any atom is -0.450 e. The molecule has 4 aromatic carbocycles. The van der Waals surface area contributed by atoms with Crippen molar-refractivity contribution < 1.29 is 28.7 Å². The quantitative estimate of drug-likeness (QED) is 0.186. The van der Waals surface area contributed by atoms with Crippen LogP contribution >= 0.6 is 0 Å². The number of anilines is 2. The van der Waals surface area contributed by atoms with Crippen molar-refractivity contribution in [3.63, 3.8) is 0 Å². The van der Waals surface area contributed by atoms with Crippen LogP contribution in [0.5, 0.6) is 11.5 Å². The Balaban J connectivity index is 1.63. The Labute approximate surface area is 252 Å². The van der Waals surface area contributed by atoms with E-state index in [-0.39, 0.29) is 33.8 Å². The maximum absolute atomic E-state index is 13.6. The average molecular weight is 587 g/mol. The van der Waals surface area contributed by atoms with Gasteiger partial charge in [-0.25, -0.2) is 0 Å². The molecule has 0 saturated heterocycles. The first kappa shape index (κ1) is 28.0. The van der Waals surface area contributed by atoms with Crippen molar-refractivity contribution in [1.82, 2.24) is 10.6 Å². The monoisotopic (exact) mass is 586 g/mol. The van der Waals surface area contributed by atoms with E-state index in [0.717, 1.165) is 0 Å². The van der Waals surface area contributed by atoms with E-state index >= 15 is 0 Å². The maximum Gasteiger partial charge on any atom is 0.294 e. The minimum absolute atomic E-state index is 0.108. The van der Waals surface area contributed by atoms with Gasteiger partial charge in [0.1, 0.15) is 11.5 Å². The summed E-state index contributed by atoms with van der Waals surface area (Å²) in [6, 6.07) is 23.9. The summed E-state index contributed by atoms with van der Waals surface area (Å²) in [5, 5.41) is 4.62. The molecule has 0 aliphatic carbocycles. The fourth-order valence-electron chi connectivity index (χ4n) is 5.23. The van der Waals surface area contributed by atoms with E-state index in [0.29, 0.717) is 45.1 Å². The molecule has 6 N–H and O–H groups in total. The van der Waals surface area contributed by atoms with E-state index in [4.69, 9.17) is 20.9 Å². The van der Waals surface area contributed by atoms with Gasteiger partial charge in [0.25, 0.3) is 23.6 Å². The standard InChI is InChI=1S/C34H26N4O6/c1-17-15-20(35)11-13-24(17)43-29-27(31(39)37-33(29)41)23-10-6-9-22(19-7-4-3-5-8-19)26(23)28-30(34(42)38-32(28)40)44-25-14-12-21(36)16-18(25)2/h3-16H,35-36H2,1-2H3,(H,37,39,41)(H,38,40,42). The third-order valence-electron chi connectivity index (χ3n) is 7.27. The number of ether oxygens (including phenoxy) is 2. The summed E-state index contributed by atoms with van der Waals surface area (Å²) in [7, 11) is 0. The lowest BCUT2D eigenvalue weighted by Crippen LogP contribution is -2.24. The summed E-state index contributed by atoms with van der Waals surface area (Å²) in [5.74, 6) is -2.89. The lowest BCUT2D eigenvalue weighted by molar-refractivity contribution is -0.126. The second-order valence-corrected chi connectivity index (χ2v) is 10.3. The van der Waals surface area contributed by atoms with Crippen LogP contribution in [0.3, 0.4) is 0 Å². The number of rotatable bonds is 7. The highest BCUT2D eigenvalue weighted by Crippen LogP contribution is 2.41. The van der Waals surface area contributed by atoms with Crippen LogP contribution in [0.15, 0.2) is 96.4 Å². The third kappa shape index (κ3) is 4.94. The van der Waals surface area contributed by atoms with E-state index < -0.39 is 23.6 Å². The first-order valence-corrected chi connectivity index (χ1v) is 13.6. The lowest BCUT2D eigenvalue weighted by Gasteiger charge is -2.18. The van der Waals surface area contributed by atoms with Gasteiger partial charge < -0.3 is 20.9 Å². The summed E-state index contributed by atoms with van der Waals surface area (Å²) in [4.78, 5) is 53.3. The van der Waals surface area contributed by atoms with Gasteiger partial charge in [0.2, 0.25) is 11.5 Å². The van der Waals surface area contributed by atoms with Gasteiger partial charge in [-0.15, -0.1) is 0 Å². The topological polar surface area (TPSA) is 163 Å². The first-order valence-electron chi connectivity index (χ1n) is 13.6. The molecule has 44 heavy (non-hydrogen) atoms. The molecule has 0 fully saturated rings. The Morgan fingerprint density at radius 3 is 1.59 bits per heavy atom. The van der Waals surface area contributed by atoms with Gasteiger partial charge in [0, 0.05) is 16.9 Å². The zero-order valence-electron chi connectivity index (χ0n) is 23.7. The first-order chi connectivity index (χ1) is 21.1. The van der Waals surface area contributed by atoms with Gasteiger partial charge in [-0.3, -0.25) is 29.8 Å². The molecule has 0 aromatic heterocycles. The molecule has 2 heterocycles. The molecule has 0 spiro atoms. The summed E-state index contributed by atoms with van der Waals surface area (Å²) >= 11 is 0. The SMILES string of the molecule is Cc1cc(N)ccc1OC1=C(c2cccc(-c3ccccc3)c2C2=C(Oc3ccc(N)cc3C)C(=O)NC2=O)C(=O)NC1=O. The van der Waals surface area contributed by atoms with Gasteiger partial charge >= 0.3 is 0 Å². The fourth-order valence-corrected chi connectivity index (χ4v) is 5.23. The van der Waals surface area contributed by atoms with Crippen LogP contribution in [0, 0.1) is 13.8 Å². The minimum atomic E-state index is -0.759. The van der Waals surface area contributed by atoms with Gasteiger partial charge in [-0.1, -0.05) is 48.5 Å². The van der Waals surface area contributed by atoms with Crippen molar-refractivity contribution in [2.24, 2.45) is 0 Å². The van der Waals surface area contributed by atoms with E-state index in [2.05, 4.69) is 10.6 Å². The van der Waals surface area contributed by atoms with Crippen molar-refractivity contribution in [3.05, 3.63) is 119 Å². The molecule has 0 radical (unpaired) electrons. The second-order valence-electron chi connectivity index (χ2n) is 10.3. The molecule has 4 amide bonds. The zero-order valence-corrected chi connectivity index (χ0v) is 23.7. The summed E-state index contributed by atoms with van der Waals surface area (Å²) in [6.07, 6.45) is 0. The van der Waals surface area contributed by atoms with Crippen LogP contribution < -0.4 is 31.6 Å². The summed E-state index contributed by atoms with van der Waals surface area (Å²) in [5.41, 5.74) is 15.4. The number of hydrogen-bond acceptors (Lipinski definition) is 8. The Hall–Kier alpha value is -6.16. The smallest absolute Gasteiger partial charge is 0.294 e. The molecule has 2 aliphatic heterocycles. The number of nitrogen functional groups attached to an aromatic ring is 2. The summed E-state index contributed by atoms with van der Waals surface area (Å²) < 4.78 is 12.1. The molecule has 0 saturated carbocycles.